The second-order valence-corrected chi connectivity index (χ2v) is 2.51. The summed E-state index contributed by atoms with van der Waals surface area (Å²) in [7, 11) is 0. The molecule has 11 heavy (non-hydrogen) atoms. The maximum absolute atomic E-state index is 10.0. The summed E-state index contributed by atoms with van der Waals surface area (Å²) >= 11 is 0. The Morgan fingerprint density at radius 3 is 2.73 bits per heavy atom. The van der Waals surface area contributed by atoms with E-state index in [2.05, 4.69) is 6.58 Å². The molecule has 0 saturated carbocycles. The van der Waals surface area contributed by atoms with Gasteiger partial charge in [0.2, 0.25) is 0 Å². The first-order valence-electron chi connectivity index (χ1n) is 3.57. The van der Waals surface area contributed by atoms with E-state index >= 15 is 0 Å². The lowest BCUT2D eigenvalue weighted by Crippen LogP contribution is -2.01. The molecule has 0 radical (unpaired) electrons. The minimum atomic E-state index is -0.774. The monoisotopic (exact) mass is 158 g/mol. The lowest BCUT2D eigenvalue weighted by Gasteiger charge is -2.00. The fourth-order valence-corrected chi connectivity index (χ4v) is 0.572. The topological polar surface area (TPSA) is 46.5 Å². The molecule has 0 rings (SSSR count). The highest BCUT2D eigenvalue weighted by Crippen LogP contribution is 1.93. The van der Waals surface area contributed by atoms with Crippen molar-refractivity contribution in [3.8, 4) is 0 Å². The van der Waals surface area contributed by atoms with Gasteiger partial charge in [-0.25, -0.2) is 0 Å². The van der Waals surface area contributed by atoms with Crippen molar-refractivity contribution in [2.75, 3.05) is 13.2 Å². The standard InChI is InChI=1S/C8H14O3/c1-7(2)6-11-5-3-4-8(9)10/h1,3-6H2,2H3,(H,9,10). The zero-order chi connectivity index (χ0) is 8.69. The van der Waals surface area contributed by atoms with E-state index in [0.717, 1.165) is 5.57 Å². The molecule has 0 atom stereocenters. The first kappa shape index (κ1) is 10.2. The molecule has 0 aliphatic carbocycles. The number of hydrogen-bond donors (Lipinski definition) is 1. The number of rotatable bonds is 6. The number of ether oxygens (including phenoxy) is 1. The van der Waals surface area contributed by atoms with Crippen LogP contribution in [0.5, 0.6) is 0 Å². The maximum atomic E-state index is 10.0. The van der Waals surface area contributed by atoms with E-state index in [0.29, 0.717) is 19.6 Å². The second-order valence-electron chi connectivity index (χ2n) is 2.51. The van der Waals surface area contributed by atoms with Crippen LogP contribution in [0.4, 0.5) is 0 Å². The van der Waals surface area contributed by atoms with Gasteiger partial charge in [0.25, 0.3) is 0 Å². The Morgan fingerprint density at radius 2 is 2.27 bits per heavy atom. The zero-order valence-corrected chi connectivity index (χ0v) is 6.80. The molecule has 0 aromatic carbocycles. The van der Waals surface area contributed by atoms with Crippen molar-refractivity contribution in [1.82, 2.24) is 0 Å². The molecule has 0 aliphatic rings. The average Bonchev–Trinajstić information content (AvgIpc) is 1.85. The van der Waals surface area contributed by atoms with Crippen LogP contribution in [-0.2, 0) is 9.53 Å². The summed E-state index contributed by atoms with van der Waals surface area (Å²) in [5.74, 6) is -0.774. The van der Waals surface area contributed by atoms with Crippen LogP contribution < -0.4 is 0 Å². The fraction of sp³-hybridized carbons (Fsp3) is 0.625. The highest BCUT2D eigenvalue weighted by molar-refractivity contribution is 5.66. The minimum absolute atomic E-state index is 0.177. The van der Waals surface area contributed by atoms with E-state index in [4.69, 9.17) is 9.84 Å². The van der Waals surface area contributed by atoms with Gasteiger partial charge < -0.3 is 9.84 Å². The number of carbonyl (C=O) groups is 1. The van der Waals surface area contributed by atoms with Crippen LogP contribution in [-0.4, -0.2) is 24.3 Å². The third-order valence-electron chi connectivity index (χ3n) is 1.03. The molecular weight excluding hydrogens is 144 g/mol. The van der Waals surface area contributed by atoms with E-state index in [9.17, 15) is 4.79 Å². The normalized spacial score (nSPS) is 9.55. The van der Waals surface area contributed by atoms with Crippen molar-refractivity contribution >= 4 is 5.97 Å². The first-order valence-corrected chi connectivity index (χ1v) is 3.57. The molecule has 0 unspecified atom stereocenters. The number of aliphatic carboxylic acids is 1. The number of hydrogen-bond acceptors (Lipinski definition) is 2. The van der Waals surface area contributed by atoms with E-state index < -0.39 is 5.97 Å². The molecule has 3 nitrogen and oxygen atoms in total. The van der Waals surface area contributed by atoms with Crippen LogP contribution in [0.15, 0.2) is 12.2 Å². The molecular formula is C8H14O3. The van der Waals surface area contributed by atoms with Gasteiger partial charge in [0.05, 0.1) is 6.61 Å². The highest BCUT2D eigenvalue weighted by Gasteiger charge is 1.95. The Balaban J connectivity index is 3.03. The second kappa shape index (κ2) is 5.92. The summed E-state index contributed by atoms with van der Waals surface area (Å²) in [6.45, 7) is 6.55. The molecule has 0 saturated heterocycles. The van der Waals surface area contributed by atoms with E-state index in [1.807, 2.05) is 6.92 Å². The van der Waals surface area contributed by atoms with Gasteiger partial charge in [0, 0.05) is 13.0 Å². The lowest BCUT2D eigenvalue weighted by atomic mass is 10.3. The Hall–Kier alpha value is -0.830. The Morgan fingerprint density at radius 1 is 1.64 bits per heavy atom. The smallest absolute Gasteiger partial charge is 0.303 e. The van der Waals surface area contributed by atoms with Gasteiger partial charge in [0.15, 0.2) is 0 Å². The quantitative estimate of drug-likeness (QED) is 0.470. The molecule has 0 aromatic rings. The van der Waals surface area contributed by atoms with Gasteiger partial charge >= 0.3 is 5.97 Å². The summed E-state index contributed by atoms with van der Waals surface area (Å²) in [5, 5.41) is 8.25. The lowest BCUT2D eigenvalue weighted by molar-refractivity contribution is -0.137. The van der Waals surface area contributed by atoms with Crippen LogP contribution in [0.1, 0.15) is 19.8 Å². The fourth-order valence-electron chi connectivity index (χ4n) is 0.572. The van der Waals surface area contributed by atoms with Crippen LogP contribution in [0.3, 0.4) is 0 Å². The van der Waals surface area contributed by atoms with E-state index in [1.54, 1.807) is 0 Å². The molecule has 0 aliphatic heterocycles. The van der Waals surface area contributed by atoms with Crippen LogP contribution in [0.2, 0.25) is 0 Å². The molecule has 0 spiro atoms. The number of carboxylic acids is 1. The van der Waals surface area contributed by atoms with Gasteiger partial charge in [-0.15, -0.1) is 0 Å². The zero-order valence-electron chi connectivity index (χ0n) is 6.80. The molecule has 3 heteroatoms. The third-order valence-corrected chi connectivity index (χ3v) is 1.03. The molecule has 0 amide bonds. The van der Waals surface area contributed by atoms with Crippen molar-refractivity contribution in [3.63, 3.8) is 0 Å². The Bertz CT molecular complexity index is 124. The van der Waals surface area contributed by atoms with E-state index in [-0.39, 0.29) is 6.42 Å². The molecule has 1 N–H and O–H groups in total. The Kier molecular flexibility index (Phi) is 5.47. The SMILES string of the molecule is C=C(C)COCCCC(=O)O. The van der Waals surface area contributed by atoms with Gasteiger partial charge in [-0.1, -0.05) is 12.2 Å². The minimum Gasteiger partial charge on any atom is -0.481 e. The maximum Gasteiger partial charge on any atom is 0.303 e. The van der Waals surface area contributed by atoms with E-state index in [1.165, 1.54) is 0 Å². The van der Waals surface area contributed by atoms with Crippen molar-refractivity contribution < 1.29 is 14.6 Å². The van der Waals surface area contributed by atoms with Crippen molar-refractivity contribution in [2.45, 2.75) is 19.8 Å². The molecule has 0 aromatic heterocycles. The van der Waals surface area contributed by atoms with Crippen molar-refractivity contribution in [2.24, 2.45) is 0 Å². The average molecular weight is 158 g/mol. The van der Waals surface area contributed by atoms with Crippen LogP contribution in [0.25, 0.3) is 0 Å². The van der Waals surface area contributed by atoms with Gasteiger partial charge in [-0.3, -0.25) is 4.79 Å². The molecule has 0 fully saturated rings. The van der Waals surface area contributed by atoms with Crippen LogP contribution in [0, 0.1) is 0 Å². The summed E-state index contributed by atoms with van der Waals surface area (Å²) in [4.78, 5) is 10.0. The van der Waals surface area contributed by atoms with Gasteiger partial charge in [0.1, 0.15) is 0 Å². The van der Waals surface area contributed by atoms with Crippen molar-refractivity contribution in [1.29, 1.82) is 0 Å². The Labute approximate surface area is 66.7 Å². The molecule has 0 heterocycles. The molecule has 0 bridgehead atoms. The van der Waals surface area contributed by atoms with Gasteiger partial charge in [-0.2, -0.15) is 0 Å². The number of carboxylic acid groups (broad SMARTS) is 1. The largest absolute Gasteiger partial charge is 0.481 e. The first-order chi connectivity index (χ1) is 5.13. The predicted molar refractivity (Wildman–Crippen MR) is 42.5 cm³/mol. The molecule has 64 valence electrons. The third kappa shape index (κ3) is 9.17. The predicted octanol–water partition coefficient (Wildman–Crippen LogP) is 1.44. The highest BCUT2D eigenvalue weighted by atomic mass is 16.5. The summed E-state index contributed by atoms with van der Waals surface area (Å²) in [6, 6.07) is 0. The summed E-state index contributed by atoms with van der Waals surface area (Å²) in [5.41, 5.74) is 0.959. The summed E-state index contributed by atoms with van der Waals surface area (Å²) in [6.07, 6.45) is 0.749. The van der Waals surface area contributed by atoms with Gasteiger partial charge in [-0.05, 0) is 13.3 Å². The van der Waals surface area contributed by atoms with Crippen LogP contribution >= 0.6 is 0 Å². The van der Waals surface area contributed by atoms with Crippen molar-refractivity contribution in [3.05, 3.63) is 12.2 Å². The summed E-state index contributed by atoms with van der Waals surface area (Å²) < 4.78 is 5.08.